The smallest absolute Gasteiger partial charge is 0.338 e. The third-order valence-corrected chi connectivity index (χ3v) is 4.11. The Bertz CT molecular complexity index is 873. The molecule has 25 heavy (non-hydrogen) atoms. The number of aliphatic hydroxyl groups excluding tert-OH is 1. The van der Waals surface area contributed by atoms with Crippen LogP contribution in [0.3, 0.4) is 0 Å². The highest BCUT2D eigenvalue weighted by molar-refractivity contribution is 5.89. The van der Waals surface area contributed by atoms with Crippen molar-refractivity contribution in [2.24, 2.45) is 5.92 Å². The van der Waals surface area contributed by atoms with Crippen LogP contribution in [0.5, 0.6) is 0 Å². The summed E-state index contributed by atoms with van der Waals surface area (Å²) >= 11 is 0. The zero-order valence-corrected chi connectivity index (χ0v) is 13.5. The largest absolute Gasteiger partial charge is 0.462 e. The maximum absolute atomic E-state index is 12.0. The van der Waals surface area contributed by atoms with E-state index in [9.17, 15) is 19.5 Å². The first kappa shape index (κ1) is 17.1. The second-order valence-corrected chi connectivity index (χ2v) is 5.92. The van der Waals surface area contributed by atoms with E-state index in [1.54, 1.807) is 37.3 Å². The molecule has 2 N–H and O–H groups in total. The van der Waals surface area contributed by atoms with Crippen LogP contribution in [0.2, 0.25) is 0 Å². The number of ether oxygens (including phenoxy) is 2. The summed E-state index contributed by atoms with van der Waals surface area (Å²) in [6, 6.07) is 8.51. The number of aromatic amines is 1. The first-order valence-electron chi connectivity index (χ1n) is 7.81. The molecule has 132 valence electrons. The van der Waals surface area contributed by atoms with Gasteiger partial charge in [-0.1, -0.05) is 18.2 Å². The average molecular weight is 346 g/mol. The summed E-state index contributed by atoms with van der Waals surface area (Å²) < 4.78 is 11.8. The molecule has 1 aliphatic rings. The molecule has 3 rings (SSSR count). The van der Waals surface area contributed by atoms with Crippen molar-refractivity contribution in [2.75, 3.05) is 13.2 Å². The van der Waals surface area contributed by atoms with Crippen molar-refractivity contribution < 1.29 is 19.4 Å². The Morgan fingerprint density at radius 2 is 2.08 bits per heavy atom. The second-order valence-electron chi connectivity index (χ2n) is 5.92. The van der Waals surface area contributed by atoms with Crippen LogP contribution in [0, 0.1) is 12.8 Å². The van der Waals surface area contributed by atoms with Gasteiger partial charge in [-0.25, -0.2) is 9.59 Å². The Morgan fingerprint density at radius 3 is 2.80 bits per heavy atom. The number of aliphatic hydroxyl groups is 1. The monoisotopic (exact) mass is 346 g/mol. The third-order valence-electron chi connectivity index (χ3n) is 4.11. The molecule has 0 unspecified atom stereocenters. The average Bonchev–Trinajstić information content (AvgIpc) is 2.97. The van der Waals surface area contributed by atoms with Gasteiger partial charge in [0, 0.05) is 17.7 Å². The summed E-state index contributed by atoms with van der Waals surface area (Å²) in [6.07, 6.45) is -0.650. The molecule has 0 amide bonds. The standard InChI is InChI=1S/C17H18N2O6/c1-10-7-19(17(23)18-14(10)21)15-13(20)12(8-24-15)9-25-16(22)11-5-3-2-4-6-11/h2-7,12-13,15,20H,8-9H2,1H3,(H,18,21,23)/t12-,13+,15-/m1/s1. The minimum absolute atomic E-state index is 0.0392. The molecule has 1 aromatic carbocycles. The quantitative estimate of drug-likeness (QED) is 0.766. The van der Waals surface area contributed by atoms with Crippen molar-refractivity contribution in [3.05, 3.63) is 68.5 Å². The van der Waals surface area contributed by atoms with Crippen LogP contribution in [-0.4, -0.2) is 39.9 Å². The first-order chi connectivity index (χ1) is 12.0. The number of rotatable bonds is 4. The first-order valence-corrected chi connectivity index (χ1v) is 7.81. The SMILES string of the molecule is Cc1cn([C@@H]2OC[C@H](COC(=O)c3ccccc3)[C@@H]2O)c(=O)[nH]c1=O. The highest BCUT2D eigenvalue weighted by Crippen LogP contribution is 2.28. The minimum atomic E-state index is -1.05. The summed E-state index contributed by atoms with van der Waals surface area (Å²) in [4.78, 5) is 37.5. The number of aromatic nitrogens is 2. The Kier molecular flexibility index (Phi) is 4.82. The van der Waals surface area contributed by atoms with Crippen LogP contribution in [0.15, 0.2) is 46.1 Å². The van der Waals surface area contributed by atoms with Crippen LogP contribution in [0.25, 0.3) is 0 Å². The van der Waals surface area contributed by atoms with Gasteiger partial charge in [0.25, 0.3) is 5.56 Å². The van der Waals surface area contributed by atoms with Gasteiger partial charge in [0.05, 0.1) is 18.8 Å². The highest BCUT2D eigenvalue weighted by Gasteiger charge is 2.38. The number of carbonyl (C=O) groups is 1. The molecule has 2 aromatic rings. The van der Waals surface area contributed by atoms with Crippen LogP contribution in [-0.2, 0) is 9.47 Å². The normalized spacial score (nSPS) is 22.7. The van der Waals surface area contributed by atoms with Crippen LogP contribution in [0.4, 0.5) is 0 Å². The molecular formula is C17H18N2O6. The van der Waals surface area contributed by atoms with Crippen LogP contribution in [0.1, 0.15) is 22.1 Å². The van der Waals surface area contributed by atoms with E-state index >= 15 is 0 Å². The number of nitrogens with one attached hydrogen (secondary N) is 1. The molecule has 0 saturated carbocycles. The fraction of sp³-hybridized carbons (Fsp3) is 0.353. The van der Waals surface area contributed by atoms with Gasteiger partial charge in [-0.05, 0) is 19.1 Å². The summed E-state index contributed by atoms with van der Waals surface area (Å²) in [5.41, 5.74) is -0.405. The summed E-state index contributed by atoms with van der Waals surface area (Å²) in [5.74, 6) is -0.968. The van der Waals surface area contributed by atoms with Crippen molar-refractivity contribution >= 4 is 5.97 Å². The van der Waals surface area contributed by atoms with Crippen molar-refractivity contribution in [1.82, 2.24) is 9.55 Å². The molecule has 0 spiro atoms. The molecule has 1 aliphatic heterocycles. The number of benzene rings is 1. The number of H-pyrrole nitrogens is 1. The fourth-order valence-electron chi connectivity index (χ4n) is 2.66. The predicted octanol–water partition coefficient (Wildman–Crippen LogP) is 0.208. The van der Waals surface area contributed by atoms with Gasteiger partial charge < -0.3 is 14.6 Å². The summed E-state index contributed by atoms with van der Waals surface area (Å²) in [7, 11) is 0. The van der Waals surface area contributed by atoms with E-state index in [-0.39, 0.29) is 13.2 Å². The second kappa shape index (κ2) is 7.04. The van der Waals surface area contributed by atoms with Gasteiger partial charge in [0.1, 0.15) is 6.10 Å². The molecule has 0 aliphatic carbocycles. The van der Waals surface area contributed by atoms with Gasteiger partial charge in [-0.15, -0.1) is 0 Å². The molecule has 0 bridgehead atoms. The van der Waals surface area contributed by atoms with Gasteiger partial charge in [0.15, 0.2) is 6.23 Å². The molecule has 8 heteroatoms. The van der Waals surface area contributed by atoms with E-state index in [4.69, 9.17) is 9.47 Å². The van der Waals surface area contributed by atoms with E-state index in [2.05, 4.69) is 4.98 Å². The predicted molar refractivity (Wildman–Crippen MR) is 87.3 cm³/mol. The Morgan fingerprint density at radius 1 is 1.36 bits per heavy atom. The number of aryl methyl sites for hydroxylation is 1. The minimum Gasteiger partial charge on any atom is -0.462 e. The fourth-order valence-corrected chi connectivity index (χ4v) is 2.66. The number of nitrogens with zero attached hydrogens (tertiary/aromatic N) is 1. The van der Waals surface area contributed by atoms with Gasteiger partial charge in [-0.3, -0.25) is 14.3 Å². The van der Waals surface area contributed by atoms with Crippen molar-refractivity contribution in [2.45, 2.75) is 19.3 Å². The number of esters is 1. The van der Waals surface area contributed by atoms with E-state index in [0.717, 1.165) is 4.57 Å². The van der Waals surface area contributed by atoms with Crippen molar-refractivity contribution in [3.8, 4) is 0 Å². The Balaban J connectivity index is 1.67. The Labute approximate surface area is 142 Å². The lowest BCUT2D eigenvalue weighted by molar-refractivity contribution is -0.0176. The molecule has 1 fully saturated rings. The third kappa shape index (κ3) is 3.54. The Hall–Kier alpha value is -2.71. The van der Waals surface area contributed by atoms with Gasteiger partial charge in [-0.2, -0.15) is 0 Å². The van der Waals surface area contributed by atoms with E-state index in [0.29, 0.717) is 11.1 Å². The molecule has 2 heterocycles. The molecule has 1 aromatic heterocycles. The highest BCUT2D eigenvalue weighted by atomic mass is 16.5. The molecule has 1 saturated heterocycles. The van der Waals surface area contributed by atoms with E-state index < -0.39 is 35.5 Å². The van der Waals surface area contributed by atoms with Crippen LogP contribution < -0.4 is 11.2 Å². The molecule has 8 nitrogen and oxygen atoms in total. The summed E-state index contributed by atoms with van der Waals surface area (Å²) in [5, 5.41) is 10.4. The van der Waals surface area contributed by atoms with Crippen molar-refractivity contribution in [3.63, 3.8) is 0 Å². The molecule has 3 atom stereocenters. The van der Waals surface area contributed by atoms with Crippen molar-refractivity contribution in [1.29, 1.82) is 0 Å². The van der Waals surface area contributed by atoms with E-state index in [1.807, 2.05) is 0 Å². The topological polar surface area (TPSA) is 111 Å². The van der Waals surface area contributed by atoms with E-state index in [1.165, 1.54) is 6.20 Å². The van der Waals surface area contributed by atoms with Gasteiger partial charge in [0.2, 0.25) is 0 Å². The zero-order valence-electron chi connectivity index (χ0n) is 13.5. The number of carbonyl (C=O) groups excluding carboxylic acids is 1. The maximum Gasteiger partial charge on any atom is 0.338 e. The lowest BCUT2D eigenvalue weighted by Crippen LogP contribution is -2.37. The summed E-state index contributed by atoms with van der Waals surface area (Å²) in [6.45, 7) is 1.64. The maximum atomic E-state index is 12.0. The lowest BCUT2D eigenvalue weighted by Gasteiger charge is -2.19. The lowest BCUT2D eigenvalue weighted by atomic mass is 10.1. The zero-order chi connectivity index (χ0) is 18.0. The number of hydrogen-bond donors (Lipinski definition) is 2. The number of hydrogen-bond acceptors (Lipinski definition) is 6. The van der Waals surface area contributed by atoms with Crippen LogP contribution >= 0.6 is 0 Å². The molecular weight excluding hydrogens is 328 g/mol. The van der Waals surface area contributed by atoms with Gasteiger partial charge >= 0.3 is 11.7 Å². The molecule has 0 radical (unpaired) electrons.